The summed E-state index contributed by atoms with van der Waals surface area (Å²) in [5, 5.41) is 4.91. The van der Waals surface area contributed by atoms with Gasteiger partial charge in [-0.25, -0.2) is 4.98 Å². The van der Waals surface area contributed by atoms with Gasteiger partial charge in [0.1, 0.15) is 10.8 Å². The fourth-order valence-electron chi connectivity index (χ4n) is 1.16. The van der Waals surface area contributed by atoms with Gasteiger partial charge in [-0.2, -0.15) is 0 Å². The van der Waals surface area contributed by atoms with Gasteiger partial charge in [0.05, 0.1) is 18.9 Å². The summed E-state index contributed by atoms with van der Waals surface area (Å²) in [6.07, 6.45) is 2.76. The molecule has 2 rings (SSSR count). The summed E-state index contributed by atoms with van der Waals surface area (Å²) < 4.78 is 1.01. The molecular weight excluding hydrogens is 326 g/mol. The first-order valence-corrected chi connectivity index (χ1v) is 6.69. The number of hydrogen-bond acceptors (Lipinski definition) is 4. The molecule has 2 aromatic rings. The highest BCUT2D eigenvalue weighted by Gasteiger charge is 2.08. The molecule has 0 saturated carbocycles. The monoisotopic (exact) mass is 331 g/mol. The lowest BCUT2D eigenvalue weighted by molar-refractivity contribution is 0.0946. The maximum atomic E-state index is 11.7. The number of nitrogens with zero attached hydrogens (tertiary/aromatic N) is 2. The number of carbonyl (C=O) groups excluding carboxylic acids is 1. The van der Waals surface area contributed by atoms with E-state index in [1.807, 2.05) is 11.4 Å². The first kappa shape index (κ1) is 12.5. The quantitative estimate of drug-likeness (QED) is 0.940. The van der Waals surface area contributed by atoms with Gasteiger partial charge in [-0.3, -0.25) is 9.78 Å². The SMILES string of the molecule is O=C(NCc1cc(Br)cs1)c1cncc(Cl)n1. The molecule has 0 saturated heterocycles. The molecule has 0 aromatic carbocycles. The lowest BCUT2D eigenvalue weighted by Crippen LogP contribution is -2.23. The molecule has 0 atom stereocenters. The molecule has 0 spiro atoms. The van der Waals surface area contributed by atoms with Gasteiger partial charge >= 0.3 is 0 Å². The maximum Gasteiger partial charge on any atom is 0.271 e. The van der Waals surface area contributed by atoms with Gasteiger partial charge in [-0.05, 0) is 22.0 Å². The van der Waals surface area contributed by atoms with Crippen LogP contribution < -0.4 is 5.32 Å². The van der Waals surface area contributed by atoms with Crippen molar-refractivity contribution in [1.29, 1.82) is 0 Å². The Bertz CT molecular complexity index is 546. The molecule has 0 radical (unpaired) electrons. The van der Waals surface area contributed by atoms with Crippen LogP contribution in [0.2, 0.25) is 5.15 Å². The second kappa shape index (κ2) is 5.57. The molecule has 0 aliphatic rings. The smallest absolute Gasteiger partial charge is 0.271 e. The Balaban J connectivity index is 1.98. The lowest BCUT2D eigenvalue weighted by Gasteiger charge is -2.02. The molecule has 17 heavy (non-hydrogen) atoms. The minimum absolute atomic E-state index is 0.205. The average Bonchev–Trinajstić information content (AvgIpc) is 2.72. The Morgan fingerprint density at radius 3 is 3.00 bits per heavy atom. The molecule has 4 nitrogen and oxygen atoms in total. The molecule has 0 aliphatic heterocycles. The number of amides is 1. The van der Waals surface area contributed by atoms with Crippen LogP contribution in [0.3, 0.4) is 0 Å². The third-order valence-electron chi connectivity index (χ3n) is 1.88. The number of thiophene rings is 1. The second-order valence-corrected chi connectivity index (χ2v) is 5.44. The summed E-state index contributed by atoms with van der Waals surface area (Å²) in [7, 11) is 0. The minimum Gasteiger partial charge on any atom is -0.346 e. The molecule has 88 valence electrons. The zero-order chi connectivity index (χ0) is 12.3. The predicted octanol–water partition coefficient (Wildman–Crippen LogP) is 2.88. The van der Waals surface area contributed by atoms with Crippen LogP contribution in [0.4, 0.5) is 0 Å². The number of aromatic nitrogens is 2. The van der Waals surface area contributed by atoms with Gasteiger partial charge in [0, 0.05) is 14.7 Å². The zero-order valence-electron chi connectivity index (χ0n) is 8.48. The van der Waals surface area contributed by atoms with Gasteiger partial charge in [0.15, 0.2) is 0 Å². The third kappa shape index (κ3) is 3.49. The average molecular weight is 333 g/mol. The van der Waals surface area contributed by atoms with Crippen LogP contribution in [0.5, 0.6) is 0 Å². The third-order valence-corrected chi connectivity index (χ3v) is 3.76. The van der Waals surface area contributed by atoms with Gasteiger partial charge in [-0.1, -0.05) is 11.6 Å². The minimum atomic E-state index is -0.287. The first-order chi connectivity index (χ1) is 8.15. The van der Waals surface area contributed by atoms with E-state index in [2.05, 4.69) is 31.2 Å². The molecule has 0 bridgehead atoms. The molecule has 0 fully saturated rings. The molecule has 0 unspecified atom stereocenters. The molecule has 2 aromatic heterocycles. The van der Waals surface area contributed by atoms with E-state index >= 15 is 0 Å². The summed E-state index contributed by atoms with van der Waals surface area (Å²) in [6, 6.07) is 1.95. The fraction of sp³-hybridized carbons (Fsp3) is 0.100. The summed E-state index contributed by atoms with van der Waals surface area (Å²) >= 11 is 10.6. The van der Waals surface area contributed by atoms with Crippen LogP contribution in [0, 0.1) is 0 Å². The van der Waals surface area contributed by atoms with E-state index in [4.69, 9.17) is 11.6 Å². The highest BCUT2D eigenvalue weighted by Crippen LogP contribution is 2.19. The highest BCUT2D eigenvalue weighted by molar-refractivity contribution is 9.10. The summed E-state index contributed by atoms with van der Waals surface area (Å²) in [5.41, 5.74) is 0.216. The molecular formula is C10H7BrClN3OS. The van der Waals surface area contributed by atoms with Crippen LogP contribution >= 0.6 is 38.9 Å². The van der Waals surface area contributed by atoms with E-state index in [0.717, 1.165) is 9.35 Å². The van der Waals surface area contributed by atoms with E-state index in [-0.39, 0.29) is 16.8 Å². The van der Waals surface area contributed by atoms with Crippen LogP contribution in [0.1, 0.15) is 15.4 Å². The highest BCUT2D eigenvalue weighted by atomic mass is 79.9. The Labute approximate surface area is 115 Å². The van der Waals surface area contributed by atoms with Crippen molar-refractivity contribution in [3.63, 3.8) is 0 Å². The van der Waals surface area contributed by atoms with Crippen LogP contribution in [-0.2, 0) is 6.54 Å². The molecule has 1 amide bonds. The van der Waals surface area contributed by atoms with Crippen molar-refractivity contribution in [3.05, 3.63) is 44.0 Å². The standard InChI is InChI=1S/C10H7BrClN3OS/c11-6-1-7(17-5-6)2-14-10(16)8-3-13-4-9(12)15-8/h1,3-5H,2H2,(H,14,16). The summed E-state index contributed by atoms with van der Waals surface area (Å²) in [5.74, 6) is -0.287. The fourth-order valence-corrected chi connectivity index (χ4v) is 2.69. The van der Waals surface area contributed by atoms with Crippen molar-refractivity contribution in [1.82, 2.24) is 15.3 Å². The van der Waals surface area contributed by atoms with Crippen LogP contribution in [0.15, 0.2) is 28.3 Å². The van der Waals surface area contributed by atoms with Crippen molar-refractivity contribution >= 4 is 44.8 Å². The second-order valence-electron chi connectivity index (χ2n) is 3.14. The maximum absolute atomic E-state index is 11.7. The van der Waals surface area contributed by atoms with Crippen molar-refractivity contribution in [2.45, 2.75) is 6.54 Å². The van der Waals surface area contributed by atoms with E-state index in [1.54, 1.807) is 11.3 Å². The predicted molar refractivity (Wildman–Crippen MR) is 70.2 cm³/mol. The van der Waals surface area contributed by atoms with Crippen LogP contribution in [-0.4, -0.2) is 15.9 Å². The Hall–Kier alpha value is -0.980. The van der Waals surface area contributed by atoms with E-state index in [0.29, 0.717) is 6.54 Å². The number of hydrogen-bond donors (Lipinski definition) is 1. The Kier molecular flexibility index (Phi) is 4.09. The number of halogens is 2. The Morgan fingerprint density at radius 1 is 1.53 bits per heavy atom. The van der Waals surface area contributed by atoms with Crippen molar-refractivity contribution in [2.75, 3.05) is 0 Å². The van der Waals surface area contributed by atoms with E-state index in [1.165, 1.54) is 12.4 Å². The normalized spacial score (nSPS) is 10.2. The Morgan fingerprint density at radius 2 is 2.35 bits per heavy atom. The molecule has 7 heteroatoms. The van der Waals surface area contributed by atoms with E-state index in [9.17, 15) is 4.79 Å². The molecule has 0 aliphatic carbocycles. The summed E-state index contributed by atoms with van der Waals surface area (Å²) in [4.78, 5) is 20.4. The number of carbonyl (C=O) groups is 1. The van der Waals surface area contributed by atoms with Crippen LogP contribution in [0.25, 0.3) is 0 Å². The van der Waals surface area contributed by atoms with Gasteiger partial charge in [0.25, 0.3) is 5.91 Å². The van der Waals surface area contributed by atoms with E-state index < -0.39 is 0 Å². The van der Waals surface area contributed by atoms with Crippen molar-refractivity contribution < 1.29 is 4.79 Å². The lowest BCUT2D eigenvalue weighted by atomic mass is 10.4. The zero-order valence-corrected chi connectivity index (χ0v) is 11.6. The largest absolute Gasteiger partial charge is 0.346 e. The van der Waals surface area contributed by atoms with Crippen molar-refractivity contribution in [3.8, 4) is 0 Å². The molecule has 2 heterocycles. The van der Waals surface area contributed by atoms with Gasteiger partial charge in [0.2, 0.25) is 0 Å². The van der Waals surface area contributed by atoms with Gasteiger partial charge in [-0.15, -0.1) is 11.3 Å². The van der Waals surface area contributed by atoms with Crippen molar-refractivity contribution in [2.24, 2.45) is 0 Å². The number of nitrogens with one attached hydrogen (secondary N) is 1. The number of rotatable bonds is 3. The van der Waals surface area contributed by atoms with Gasteiger partial charge < -0.3 is 5.32 Å². The first-order valence-electron chi connectivity index (χ1n) is 4.64. The molecule has 1 N–H and O–H groups in total. The topological polar surface area (TPSA) is 54.9 Å². The summed E-state index contributed by atoms with van der Waals surface area (Å²) in [6.45, 7) is 0.462.